The van der Waals surface area contributed by atoms with Crippen LogP contribution in [0.3, 0.4) is 0 Å². The second-order valence-electron chi connectivity index (χ2n) is 8.69. The SMILES string of the molecule is COc1cc([C@H]2Oc3c(OC)cc(C=CC=O)cc3[C@@H]2CO)ccc1O[C@@H]1O[C@H](CO)[C@@H](O)[C@H](O)[C@H]1O. The fourth-order valence-electron chi connectivity index (χ4n) is 4.56. The van der Waals surface area contributed by atoms with Crippen molar-refractivity contribution in [2.24, 2.45) is 0 Å². The van der Waals surface area contributed by atoms with Crippen LogP contribution in [0.15, 0.2) is 36.4 Å². The Bertz CT molecular complexity index is 1130. The summed E-state index contributed by atoms with van der Waals surface area (Å²) >= 11 is 0. The normalized spacial score (nSPS) is 29.0. The van der Waals surface area contributed by atoms with Gasteiger partial charge in [-0.3, -0.25) is 4.79 Å². The molecule has 2 aliphatic heterocycles. The maximum Gasteiger partial charge on any atom is 0.229 e. The lowest BCUT2D eigenvalue weighted by molar-refractivity contribution is -0.277. The molecule has 11 heteroatoms. The second-order valence-corrected chi connectivity index (χ2v) is 8.69. The smallest absolute Gasteiger partial charge is 0.229 e. The summed E-state index contributed by atoms with van der Waals surface area (Å²) in [5.41, 5.74) is 2.09. The summed E-state index contributed by atoms with van der Waals surface area (Å²) in [6.45, 7) is -0.813. The monoisotopic (exact) mass is 518 g/mol. The molecule has 11 nitrogen and oxygen atoms in total. The second kappa shape index (κ2) is 11.5. The Morgan fingerprint density at radius 2 is 1.68 bits per heavy atom. The van der Waals surface area contributed by atoms with Gasteiger partial charge in [-0.15, -0.1) is 0 Å². The highest BCUT2D eigenvalue weighted by atomic mass is 16.7. The van der Waals surface area contributed by atoms with Crippen molar-refractivity contribution in [3.05, 3.63) is 53.1 Å². The summed E-state index contributed by atoms with van der Waals surface area (Å²) in [7, 11) is 2.92. The number of aldehydes is 1. The number of rotatable bonds is 9. The largest absolute Gasteiger partial charge is 0.493 e. The highest BCUT2D eigenvalue weighted by molar-refractivity contribution is 5.75. The molecule has 0 aliphatic carbocycles. The molecule has 1 saturated heterocycles. The lowest BCUT2D eigenvalue weighted by Crippen LogP contribution is -2.60. The quantitative estimate of drug-likeness (QED) is 0.229. The van der Waals surface area contributed by atoms with Crippen molar-refractivity contribution >= 4 is 12.4 Å². The number of aliphatic hydroxyl groups is 5. The molecule has 4 rings (SSSR count). The van der Waals surface area contributed by atoms with Crippen LogP contribution in [0.25, 0.3) is 6.08 Å². The van der Waals surface area contributed by atoms with Crippen LogP contribution in [-0.4, -0.2) is 90.0 Å². The lowest BCUT2D eigenvalue weighted by Gasteiger charge is -2.39. The van der Waals surface area contributed by atoms with Crippen molar-refractivity contribution in [1.29, 1.82) is 0 Å². The zero-order valence-electron chi connectivity index (χ0n) is 20.3. The lowest BCUT2D eigenvalue weighted by atomic mass is 9.90. The fraction of sp³-hybridized carbons (Fsp3) is 0.423. The average molecular weight is 519 g/mol. The van der Waals surface area contributed by atoms with Gasteiger partial charge < -0.3 is 49.2 Å². The van der Waals surface area contributed by atoms with Crippen LogP contribution >= 0.6 is 0 Å². The molecule has 2 aromatic carbocycles. The summed E-state index contributed by atoms with van der Waals surface area (Å²) in [6, 6.07) is 8.46. The van der Waals surface area contributed by atoms with E-state index in [2.05, 4.69) is 0 Å². The third-order valence-electron chi connectivity index (χ3n) is 6.51. The number of hydrogen-bond donors (Lipinski definition) is 5. The van der Waals surface area contributed by atoms with Crippen LogP contribution in [0.1, 0.15) is 28.7 Å². The van der Waals surface area contributed by atoms with Crippen molar-refractivity contribution < 1.29 is 54.0 Å². The van der Waals surface area contributed by atoms with Crippen LogP contribution in [0.4, 0.5) is 0 Å². The van der Waals surface area contributed by atoms with E-state index in [1.165, 1.54) is 20.3 Å². The zero-order valence-corrected chi connectivity index (χ0v) is 20.3. The van der Waals surface area contributed by atoms with Gasteiger partial charge in [0.1, 0.15) is 36.8 Å². The summed E-state index contributed by atoms with van der Waals surface area (Å²) in [4.78, 5) is 10.8. The van der Waals surface area contributed by atoms with Gasteiger partial charge in [-0.2, -0.15) is 0 Å². The van der Waals surface area contributed by atoms with Gasteiger partial charge in [0.05, 0.1) is 33.4 Å². The number of fused-ring (bicyclic) bond motifs is 1. The molecule has 2 heterocycles. The van der Waals surface area contributed by atoms with Gasteiger partial charge in [0.25, 0.3) is 0 Å². The number of hydrogen-bond acceptors (Lipinski definition) is 11. The molecule has 0 saturated carbocycles. The molecule has 0 spiro atoms. The number of carbonyl (C=O) groups is 1. The maximum atomic E-state index is 10.8. The number of ether oxygens (including phenoxy) is 5. The van der Waals surface area contributed by atoms with E-state index in [0.717, 1.165) is 5.56 Å². The predicted octanol–water partition coefficient (Wildman–Crippen LogP) is 0.304. The van der Waals surface area contributed by atoms with Crippen LogP contribution in [0.2, 0.25) is 0 Å². The van der Waals surface area contributed by atoms with Gasteiger partial charge in [-0.1, -0.05) is 12.1 Å². The van der Waals surface area contributed by atoms with E-state index in [-0.39, 0.29) is 18.1 Å². The predicted molar refractivity (Wildman–Crippen MR) is 129 cm³/mol. The molecule has 2 aromatic rings. The molecule has 5 N–H and O–H groups in total. The first-order valence-corrected chi connectivity index (χ1v) is 11.6. The van der Waals surface area contributed by atoms with E-state index in [9.17, 15) is 30.3 Å². The van der Waals surface area contributed by atoms with E-state index in [1.807, 2.05) is 6.07 Å². The van der Waals surface area contributed by atoms with Crippen molar-refractivity contribution in [3.63, 3.8) is 0 Å². The van der Waals surface area contributed by atoms with E-state index in [1.54, 1.807) is 30.3 Å². The molecule has 1 fully saturated rings. The van der Waals surface area contributed by atoms with Crippen molar-refractivity contribution in [2.45, 2.75) is 42.7 Å². The van der Waals surface area contributed by atoms with Gasteiger partial charge in [0.2, 0.25) is 6.29 Å². The Morgan fingerprint density at radius 1 is 0.919 bits per heavy atom. The standard InChI is InChI=1S/C26H30O11/c1-33-18-10-14(5-6-17(18)35-26-23(32)22(31)21(30)20(12-29)36-26)24-16(11-28)15-8-13(4-3-7-27)9-19(34-2)25(15)37-24/h3-10,16,20-24,26,28-32H,11-12H2,1-2H3/t16-,20+,21+,22-,23+,24+,26+/m0/s1. The number of benzene rings is 2. The van der Waals surface area contributed by atoms with Gasteiger partial charge in [-0.05, 0) is 41.5 Å². The maximum absolute atomic E-state index is 10.8. The third-order valence-corrected chi connectivity index (χ3v) is 6.51. The third kappa shape index (κ3) is 5.14. The minimum Gasteiger partial charge on any atom is -0.493 e. The fourth-order valence-corrected chi connectivity index (χ4v) is 4.56. The Balaban J connectivity index is 1.62. The van der Waals surface area contributed by atoms with Gasteiger partial charge in [0, 0.05) is 5.56 Å². The first kappa shape index (κ1) is 26.9. The Labute approximate surface area is 213 Å². The Kier molecular flexibility index (Phi) is 8.32. The zero-order chi connectivity index (χ0) is 26.7. The van der Waals surface area contributed by atoms with Gasteiger partial charge in [0.15, 0.2) is 23.0 Å². The topological polar surface area (TPSA) is 164 Å². The highest BCUT2D eigenvalue weighted by Gasteiger charge is 2.45. The van der Waals surface area contributed by atoms with Crippen LogP contribution in [-0.2, 0) is 9.53 Å². The van der Waals surface area contributed by atoms with Crippen molar-refractivity contribution in [1.82, 2.24) is 0 Å². The first-order chi connectivity index (χ1) is 17.9. The minimum absolute atomic E-state index is 0.172. The summed E-state index contributed by atoms with van der Waals surface area (Å²) < 4.78 is 28.3. The van der Waals surface area contributed by atoms with Gasteiger partial charge in [-0.25, -0.2) is 0 Å². The first-order valence-electron chi connectivity index (χ1n) is 11.6. The van der Waals surface area contributed by atoms with Crippen molar-refractivity contribution in [3.8, 4) is 23.0 Å². The van der Waals surface area contributed by atoms with Gasteiger partial charge >= 0.3 is 0 Å². The summed E-state index contributed by atoms with van der Waals surface area (Å²) in [5.74, 6) is 0.919. The molecule has 0 radical (unpaired) electrons. The number of methoxy groups -OCH3 is 2. The summed E-state index contributed by atoms with van der Waals surface area (Å²) in [5, 5.41) is 50.0. The highest BCUT2D eigenvalue weighted by Crippen LogP contribution is 2.51. The van der Waals surface area contributed by atoms with E-state index >= 15 is 0 Å². The number of aliphatic hydroxyl groups excluding tert-OH is 5. The molecule has 37 heavy (non-hydrogen) atoms. The van der Waals surface area contributed by atoms with Crippen molar-refractivity contribution in [2.75, 3.05) is 27.4 Å². The molecule has 0 bridgehead atoms. The Morgan fingerprint density at radius 3 is 2.32 bits per heavy atom. The molecule has 200 valence electrons. The summed E-state index contributed by atoms with van der Waals surface area (Å²) in [6.07, 6.45) is -4.11. The average Bonchev–Trinajstić information content (AvgIpc) is 3.30. The molecule has 0 unspecified atom stereocenters. The molecule has 0 aromatic heterocycles. The molecule has 7 atom stereocenters. The van der Waals surface area contributed by atoms with Crippen LogP contribution in [0, 0.1) is 0 Å². The molecular formula is C26H30O11. The number of carbonyl (C=O) groups excluding carboxylic acids is 1. The van der Waals surface area contributed by atoms with E-state index in [0.29, 0.717) is 28.9 Å². The minimum atomic E-state index is -1.59. The van der Waals surface area contributed by atoms with E-state index in [4.69, 9.17) is 23.7 Å². The van der Waals surface area contributed by atoms with Crippen LogP contribution < -0.4 is 18.9 Å². The molecule has 0 amide bonds. The molecular weight excluding hydrogens is 488 g/mol. The molecule has 2 aliphatic rings. The Hall–Kier alpha value is -3.19. The van der Waals surface area contributed by atoms with Crippen LogP contribution in [0.5, 0.6) is 23.0 Å². The van der Waals surface area contributed by atoms with E-state index < -0.39 is 49.3 Å². The number of allylic oxidation sites excluding steroid dienone is 1.